The lowest BCUT2D eigenvalue weighted by Crippen LogP contribution is -2.23. The lowest BCUT2D eigenvalue weighted by atomic mass is 10.1. The van der Waals surface area contributed by atoms with Gasteiger partial charge < -0.3 is 9.80 Å². The molecule has 2 heterocycles. The predicted molar refractivity (Wildman–Crippen MR) is 150 cm³/mol. The lowest BCUT2D eigenvalue weighted by molar-refractivity contribution is 0.0759. The van der Waals surface area contributed by atoms with E-state index in [1.807, 2.05) is 77.7 Å². The first kappa shape index (κ1) is 26.6. The van der Waals surface area contributed by atoms with E-state index in [-0.39, 0.29) is 19.2 Å². The fourth-order valence-corrected chi connectivity index (χ4v) is 4.90. The first-order chi connectivity index (χ1) is 18.0. The minimum atomic E-state index is 0. The smallest absolute Gasteiger partial charge is 0.254 e. The Morgan fingerprint density at radius 1 is 0.658 bits per heavy atom. The molecule has 0 saturated heterocycles. The van der Waals surface area contributed by atoms with Crippen LogP contribution in [-0.2, 0) is 26.2 Å². The molecule has 0 saturated carbocycles. The molecule has 0 aliphatic carbocycles. The molecule has 0 fully saturated rings. The molecule has 0 spiro atoms. The maximum Gasteiger partial charge on any atom is 0.254 e. The van der Waals surface area contributed by atoms with Crippen molar-refractivity contribution in [3.63, 3.8) is 0 Å². The third-order valence-electron chi connectivity index (χ3n) is 6.71. The molecular weight excluding hydrogens is 472 g/mol. The minimum absolute atomic E-state index is 0. The van der Waals surface area contributed by atoms with Crippen molar-refractivity contribution in [2.45, 2.75) is 40.5 Å². The monoisotopic (exact) mass is 504 g/mol. The van der Waals surface area contributed by atoms with E-state index in [1.165, 1.54) is 11.1 Å². The van der Waals surface area contributed by atoms with Crippen molar-refractivity contribution >= 4 is 18.1 Å². The molecule has 6 rings (SSSR count). The Kier molecular flexibility index (Phi) is 8.17. The van der Waals surface area contributed by atoms with Crippen molar-refractivity contribution in [2.75, 3.05) is 0 Å². The quantitative estimate of drug-likeness (QED) is 0.294. The molecule has 2 amide bonds. The summed E-state index contributed by atoms with van der Waals surface area (Å²) in [5.74, 6) is 0.208. The average Bonchev–Trinajstić information content (AvgIpc) is 3.40. The highest BCUT2D eigenvalue weighted by Crippen LogP contribution is 2.25. The number of aryl methyl sites for hydroxylation is 1. The van der Waals surface area contributed by atoms with Gasteiger partial charge in [-0.3, -0.25) is 14.4 Å². The van der Waals surface area contributed by atoms with Crippen LogP contribution in [0.25, 0.3) is 0 Å². The number of fused-ring (bicyclic) bond motifs is 2. The number of hydrogen-bond acceptors (Lipinski definition) is 3. The Balaban J connectivity index is 0.000000173. The zero-order valence-corrected chi connectivity index (χ0v) is 20.8. The van der Waals surface area contributed by atoms with E-state index in [0.29, 0.717) is 25.2 Å². The van der Waals surface area contributed by atoms with Gasteiger partial charge >= 0.3 is 0 Å². The van der Waals surface area contributed by atoms with Gasteiger partial charge in [0.05, 0.1) is 0 Å². The van der Waals surface area contributed by atoms with Gasteiger partial charge in [0.25, 0.3) is 11.8 Å². The molecular formula is C33H32N2O3. The highest BCUT2D eigenvalue weighted by Gasteiger charge is 2.27. The highest BCUT2D eigenvalue weighted by atomic mass is 16.2. The maximum absolute atomic E-state index is 12.2. The standard InChI is InChI=1S/C16H13NO2.C16H15NO.CH4/c18-11-13-5-3-4-12(8-13)9-17-10-14-6-1-2-7-15(14)16(17)19;1-12-5-4-6-13(9-12)10-17-11-14-7-2-3-8-15(14)16(17)18;/h1-8,11H,9-10H2;2-9H,10-11H2,1H3;1H4. The van der Waals surface area contributed by atoms with Crippen LogP contribution in [-0.4, -0.2) is 27.9 Å². The molecule has 5 heteroatoms. The van der Waals surface area contributed by atoms with Gasteiger partial charge in [-0.15, -0.1) is 0 Å². The lowest BCUT2D eigenvalue weighted by Gasteiger charge is -2.15. The van der Waals surface area contributed by atoms with Crippen molar-refractivity contribution in [3.05, 3.63) is 142 Å². The summed E-state index contributed by atoms with van der Waals surface area (Å²) in [6, 6.07) is 31.2. The first-order valence-electron chi connectivity index (χ1n) is 12.4. The molecule has 192 valence electrons. The first-order valence-corrected chi connectivity index (χ1v) is 12.4. The van der Waals surface area contributed by atoms with Crippen molar-refractivity contribution < 1.29 is 14.4 Å². The number of nitrogens with zero attached hydrogens (tertiary/aromatic N) is 2. The van der Waals surface area contributed by atoms with E-state index in [0.717, 1.165) is 40.6 Å². The van der Waals surface area contributed by atoms with Gasteiger partial charge in [-0.2, -0.15) is 0 Å². The molecule has 5 nitrogen and oxygen atoms in total. The summed E-state index contributed by atoms with van der Waals surface area (Å²) in [6.45, 7) is 4.66. The highest BCUT2D eigenvalue weighted by molar-refractivity contribution is 5.98. The number of rotatable bonds is 5. The second-order valence-electron chi connectivity index (χ2n) is 9.49. The molecule has 0 aromatic heterocycles. The summed E-state index contributed by atoms with van der Waals surface area (Å²) in [4.78, 5) is 38.9. The van der Waals surface area contributed by atoms with Gasteiger partial charge in [-0.1, -0.05) is 91.9 Å². The molecule has 0 atom stereocenters. The summed E-state index contributed by atoms with van der Waals surface area (Å²) in [5, 5.41) is 0. The van der Waals surface area contributed by atoms with Gasteiger partial charge in [0.2, 0.25) is 0 Å². The molecule has 4 aromatic rings. The number of carbonyl (C=O) groups excluding carboxylic acids is 3. The van der Waals surface area contributed by atoms with E-state index in [1.54, 1.807) is 11.0 Å². The van der Waals surface area contributed by atoms with Gasteiger partial charge in [-0.05, 0) is 47.4 Å². The van der Waals surface area contributed by atoms with Crippen molar-refractivity contribution in [1.29, 1.82) is 0 Å². The number of benzene rings is 4. The van der Waals surface area contributed by atoms with Crippen LogP contribution in [0.4, 0.5) is 0 Å². The minimum Gasteiger partial charge on any atom is -0.330 e. The van der Waals surface area contributed by atoms with Crippen LogP contribution < -0.4 is 0 Å². The number of aldehydes is 1. The number of hydrogen-bond donors (Lipinski definition) is 0. The number of carbonyl (C=O) groups is 3. The van der Waals surface area contributed by atoms with Gasteiger partial charge in [0, 0.05) is 42.9 Å². The van der Waals surface area contributed by atoms with Crippen LogP contribution in [0, 0.1) is 6.92 Å². The zero-order valence-electron chi connectivity index (χ0n) is 20.8. The normalized spacial score (nSPS) is 13.3. The Morgan fingerprint density at radius 3 is 1.66 bits per heavy atom. The van der Waals surface area contributed by atoms with E-state index < -0.39 is 0 Å². The van der Waals surface area contributed by atoms with Gasteiger partial charge in [-0.25, -0.2) is 0 Å². The molecule has 0 unspecified atom stereocenters. The summed E-state index contributed by atoms with van der Waals surface area (Å²) in [5.41, 5.74) is 7.88. The van der Waals surface area contributed by atoms with Crippen LogP contribution in [0.5, 0.6) is 0 Å². The molecule has 0 N–H and O–H groups in total. The Bertz CT molecular complexity index is 1480. The second-order valence-corrected chi connectivity index (χ2v) is 9.49. The fraction of sp³-hybridized carbons (Fsp3) is 0.182. The van der Waals surface area contributed by atoms with Crippen molar-refractivity contribution in [3.8, 4) is 0 Å². The molecule has 0 bridgehead atoms. The van der Waals surface area contributed by atoms with Gasteiger partial charge in [0.1, 0.15) is 6.29 Å². The number of amides is 2. The van der Waals surface area contributed by atoms with E-state index in [9.17, 15) is 14.4 Å². The SMILES string of the molecule is C.Cc1cccc(CN2Cc3ccccc3C2=O)c1.O=Cc1cccc(CN2Cc3ccccc3C2=O)c1. The van der Waals surface area contributed by atoms with Crippen LogP contribution in [0.3, 0.4) is 0 Å². The third kappa shape index (κ3) is 5.73. The summed E-state index contributed by atoms with van der Waals surface area (Å²) < 4.78 is 0. The predicted octanol–water partition coefficient (Wildman–Crippen LogP) is 6.44. The Labute approximate surface area is 224 Å². The van der Waals surface area contributed by atoms with Crippen LogP contribution in [0.2, 0.25) is 0 Å². The van der Waals surface area contributed by atoms with Crippen LogP contribution >= 0.6 is 0 Å². The van der Waals surface area contributed by atoms with E-state index >= 15 is 0 Å². The third-order valence-corrected chi connectivity index (χ3v) is 6.71. The van der Waals surface area contributed by atoms with Gasteiger partial charge in [0.15, 0.2) is 0 Å². The van der Waals surface area contributed by atoms with E-state index in [4.69, 9.17) is 0 Å². The van der Waals surface area contributed by atoms with Crippen LogP contribution in [0.15, 0.2) is 97.1 Å². The molecule has 2 aliphatic rings. The second kappa shape index (κ2) is 11.7. The average molecular weight is 505 g/mol. The Hall–Kier alpha value is -4.51. The molecule has 38 heavy (non-hydrogen) atoms. The van der Waals surface area contributed by atoms with E-state index in [2.05, 4.69) is 25.1 Å². The fourth-order valence-electron chi connectivity index (χ4n) is 4.90. The molecule has 4 aromatic carbocycles. The topological polar surface area (TPSA) is 57.7 Å². The maximum atomic E-state index is 12.2. The van der Waals surface area contributed by atoms with Crippen molar-refractivity contribution in [2.24, 2.45) is 0 Å². The Morgan fingerprint density at radius 2 is 1.16 bits per heavy atom. The molecule has 2 aliphatic heterocycles. The van der Waals surface area contributed by atoms with Crippen LogP contribution in [0.1, 0.15) is 66.3 Å². The van der Waals surface area contributed by atoms with Crippen molar-refractivity contribution in [1.82, 2.24) is 9.80 Å². The summed E-state index contributed by atoms with van der Waals surface area (Å²) >= 11 is 0. The zero-order chi connectivity index (χ0) is 25.8. The molecule has 0 radical (unpaired) electrons. The largest absolute Gasteiger partial charge is 0.330 e. The summed E-state index contributed by atoms with van der Waals surface area (Å²) in [7, 11) is 0. The summed E-state index contributed by atoms with van der Waals surface area (Å²) in [6.07, 6.45) is 0.823.